The van der Waals surface area contributed by atoms with Gasteiger partial charge in [0.05, 0.1) is 0 Å². The molecule has 0 aromatic heterocycles. The van der Waals surface area contributed by atoms with Crippen LogP contribution in [0.2, 0.25) is 0 Å². The number of fused-ring (bicyclic) bond motifs is 5. The number of hydrogen-bond acceptors (Lipinski definition) is 5. The summed E-state index contributed by atoms with van der Waals surface area (Å²) in [6.45, 7) is 17.0. The monoisotopic (exact) mass is 613 g/mol. The molecule has 0 heterocycles. The Bertz CT molecular complexity index is 978. The summed E-state index contributed by atoms with van der Waals surface area (Å²) in [5.74, 6) is 3.98. The molecule has 6 heteroatoms. The van der Waals surface area contributed by atoms with E-state index in [0.717, 1.165) is 101 Å². The third kappa shape index (κ3) is 8.31. The second-order valence-electron chi connectivity index (χ2n) is 15.8. The van der Waals surface area contributed by atoms with Gasteiger partial charge in [0.1, 0.15) is 6.10 Å². The molecule has 7 atom stereocenters. The topological polar surface area (TPSA) is 93.6 Å². The number of rotatable bonds is 16. The van der Waals surface area contributed by atoms with Crippen LogP contribution in [0.5, 0.6) is 0 Å². The highest BCUT2D eigenvalue weighted by atomic mass is 16.6. The van der Waals surface area contributed by atoms with Gasteiger partial charge in [-0.2, -0.15) is 0 Å². The molecule has 0 radical (unpaired) electrons. The van der Waals surface area contributed by atoms with Gasteiger partial charge in [-0.1, -0.05) is 51.0 Å². The SMILES string of the molecule is C/C(=C/CCC(C)C)C1CCC2C3CC=C4CC(OC(=O)N(CCCN)CCCCNCCCN)CCC4(C)C3CCC12C. The molecule has 4 aliphatic carbocycles. The fraction of sp³-hybridized carbons (Fsp3) is 0.868. The van der Waals surface area contributed by atoms with Crippen LogP contribution in [0.15, 0.2) is 23.3 Å². The molecule has 0 aliphatic heterocycles. The lowest BCUT2D eigenvalue weighted by atomic mass is 9.47. The number of nitrogens with one attached hydrogen (secondary N) is 1. The van der Waals surface area contributed by atoms with Crippen LogP contribution in [-0.4, -0.2) is 56.4 Å². The third-order valence-corrected chi connectivity index (χ3v) is 12.6. The van der Waals surface area contributed by atoms with Gasteiger partial charge in [-0.3, -0.25) is 0 Å². The van der Waals surface area contributed by atoms with E-state index in [1.807, 2.05) is 4.90 Å². The predicted molar refractivity (Wildman–Crippen MR) is 184 cm³/mol. The van der Waals surface area contributed by atoms with E-state index < -0.39 is 0 Å². The Balaban J connectivity index is 1.33. The van der Waals surface area contributed by atoms with Crippen molar-refractivity contribution in [2.75, 3.05) is 39.3 Å². The van der Waals surface area contributed by atoms with Crippen molar-refractivity contribution in [2.24, 2.45) is 51.9 Å². The quantitative estimate of drug-likeness (QED) is 0.122. The van der Waals surface area contributed by atoms with Crippen molar-refractivity contribution >= 4 is 6.09 Å². The number of hydrogen-bond donors (Lipinski definition) is 3. The second-order valence-corrected chi connectivity index (χ2v) is 15.8. The summed E-state index contributed by atoms with van der Waals surface area (Å²) in [7, 11) is 0. The van der Waals surface area contributed by atoms with Crippen molar-refractivity contribution in [3.05, 3.63) is 23.3 Å². The summed E-state index contributed by atoms with van der Waals surface area (Å²) < 4.78 is 6.23. The zero-order chi connectivity index (χ0) is 31.7. The summed E-state index contributed by atoms with van der Waals surface area (Å²) in [6.07, 6.45) is 21.2. The molecule has 44 heavy (non-hydrogen) atoms. The molecule has 3 fully saturated rings. The van der Waals surface area contributed by atoms with Crippen molar-refractivity contribution in [1.29, 1.82) is 0 Å². The summed E-state index contributed by atoms with van der Waals surface area (Å²) in [6, 6.07) is 0. The van der Waals surface area contributed by atoms with Crippen LogP contribution in [0.25, 0.3) is 0 Å². The van der Waals surface area contributed by atoms with Crippen molar-refractivity contribution in [3.63, 3.8) is 0 Å². The highest BCUT2D eigenvalue weighted by Gasteiger charge is 2.58. The van der Waals surface area contributed by atoms with E-state index in [2.05, 4.69) is 52.1 Å². The summed E-state index contributed by atoms with van der Waals surface area (Å²) in [4.78, 5) is 15.3. The van der Waals surface area contributed by atoms with Gasteiger partial charge in [-0.05, 0) is 157 Å². The van der Waals surface area contributed by atoms with E-state index in [-0.39, 0.29) is 17.6 Å². The van der Waals surface area contributed by atoms with E-state index in [1.54, 1.807) is 11.1 Å². The molecule has 0 aromatic rings. The lowest BCUT2D eigenvalue weighted by Gasteiger charge is -2.58. The second kappa shape index (κ2) is 16.5. The van der Waals surface area contributed by atoms with Crippen LogP contribution in [0, 0.1) is 40.4 Å². The number of amides is 1. The minimum atomic E-state index is -0.139. The zero-order valence-electron chi connectivity index (χ0n) is 29.2. The molecule has 1 amide bonds. The first-order chi connectivity index (χ1) is 21.1. The molecule has 6 nitrogen and oxygen atoms in total. The highest BCUT2D eigenvalue weighted by Crippen LogP contribution is 2.67. The van der Waals surface area contributed by atoms with Gasteiger partial charge < -0.3 is 26.4 Å². The molecular formula is C38H68N4O2. The van der Waals surface area contributed by atoms with Gasteiger partial charge in [0.2, 0.25) is 0 Å². The van der Waals surface area contributed by atoms with Gasteiger partial charge in [-0.25, -0.2) is 4.79 Å². The van der Waals surface area contributed by atoms with E-state index in [9.17, 15) is 4.79 Å². The molecule has 0 bridgehead atoms. The average molecular weight is 613 g/mol. The first-order valence-electron chi connectivity index (χ1n) is 18.6. The smallest absolute Gasteiger partial charge is 0.410 e. The number of ether oxygens (including phenoxy) is 1. The van der Waals surface area contributed by atoms with Gasteiger partial charge in [0.25, 0.3) is 0 Å². The van der Waals surface area contributed by atoms with Gasteiger partial charge in [0, 0.05) is 19.5 Å². The van der Waals surface area contributed by atoms with Crippen LogP contribution in [0.3, 0.4) is 0 Å². The number of allylic oxidation sites excluding steroid dienone is 3. The maximum Gasteiger partial charge on any atom is 0.410 e. The maximum absolute atomic E-state index is 13.3. The van der Waals surface area contributed by atoms with E-state index in [1.165, 1.54) is 44.9 Å². The minimum Gasteiger partial charge on any atom is -0.446 e. The largest absolute Gasteiger partial charge is 0.446 e. The van der Waals surface area contributed by atoms with Crippen LogP contribution in [0.4, 0.5) is 4.79 Å². The normalized spacial score (nSPS) is 33.4. The number of carbonyl (C=O) groups excluding carboxylic acids is 1. The molecule has 252 valence electrons. The lowest BCUT2D eigenvalue weighted by molar-refractivity contribution is -0.0484. The molecule has 5 N–H and O–H groups in total. The first kappa shape index (κ1) is 35.5. The van der Waals surface area contributed by atoms with Crippen LogP contribution < -0.4 is 16.8 Å². The van der Waals surface area contributed by atoms with Crippen molar-refractivity contribution in [3.8, 4) is 0 Å². The molecule has 4 aliphatic rings. The third-order valence-electron chi connectivity index (χ3n) is 12.6. The minimum absolute atomic E-state index is 0.0000224. The van der Waals surface area contributed by atoms with E-state index in [0.29, 0.717) is 18.5 Å². The molecule has 0 aromatic carbocycles. The fourth-order valence-electron chi connectivity index (χ4n) is 9.96. The Labute approximate surface area is 270 Å². The van der Waals surface area contributed by atoms with Crippen molar-refractivity contribution in [1.82, 2.24) is 10.2 Å². The average Bonchev–Trinajstić information content (AvgIpc) is 3.35. The van der Waals surface area contributed by atoms with Crippen molar-refractivity contribution in [2.45, 2.75) is 131 Å². The molecule has 3 saturated carbocycles. The summed E-state index contributed by atoms with van der Waals surface area (Å²) in [5.41, 5.74) is 15.4. The summed E-state index contributed by atoms with van der Waals surface area (Å²) in [5, 5.41) is 3.44. The van der Waals surface area contributed by atoms with Crippen molar-refractivity contribution < 1.29 is 9.53 Å². The Morgan fingerprint density at radius 3 is 2.52 bits per heavy atom. The number of carbonyl (C=O) groups is 1. The Morgan fingerprint density at radius 1 is 1.02 bits per heavy atom. The first-order valence-corrected chi connectivity index (χ1v) is 18.6. The van der Waals surface area contributed by atoms with Gasteiger partial charge in [-0.15, -0.1) is 0 Å². The van der Waals surface area contributed by atoms with E-state index in [4.69, 9.17) is 16.2 Å². The molecule has 7 unspecified atom stereocenters. The Hall–Kier alpha value is -1.37. The van der Waals surface area contributed by atoms with Crippen LogP contribution in [-0.2, 0) is 4.74 Å². The van der Waals surface area contributed by atoms with Crippen LogP contribution >= 0.6 is 0 Å². The molecule has 4 rings (SSSR count). The Kier molecular flexibility index (Phi) is 13.3. The summed E-state index contributed by atoms with van der Waals surface area (Å²) >= 11 is 0. The molecular weight excluding hydrogens is 544 g/mol. The lowest BCUT2D eigenvalue weighted by Crippen LogP contribution is -2.50. The zero-order valence-corrected chi connectivity index (χ0v) is 29.2. The molecule has 0 spiro atoms. The number of nitrogens with two attached hydrogens (primary N) is 2. The highest BCUT2D eigenvalue weighted by molar-refractivity contribution is 5.67. The predicted octanol–water partition coefficient (Wildman–Crippen LogP) is 7.82. The number of nitrogens with zero attached hydrogens (tertiary/aromatic N) is 1. The number of unbranched alkanes of at least 4 members (excludes halogenated alkanes) is 1. The Morgan fingerprint density at radius 2 is 1.77 bits per heavy atom. The fourth-order valence-corrected chi connectivity index (χ4v) is 9.96. The van der Waals surface area contributed by atoms with Gasteiger partial charge in [0.15, 0.2) is 0 Å². The van der Waals surface area contributed by atoms with Crippen LogP contribution in [0.1, 0.15) is 125 Å². The standard InChI is InChI=1S/C38H68N4O2/c1-28(2)11-8-12-29(3)33-15-16-34-32-14-13-30-27-31(17-19-37(30,4)35(32)18-20-38(33,34)5)44-36(43)42(26-10-22-40)25-7-6-23-41-24-9-21-39/h12-13,28,31-35,41H,6-11,14-27,39-40H2,1-5H3/b29-12-. The maximum atomic E-state index is 13.3. The molecule has 0 saturated heterocycles. The van der Waals surface area contributed by atoms with E-state index >= 15 is 0 Å². The van der Waals surface area contributed by atoms with Gasteiger partial charge >= 0.3 is 6.09 Å².